The highest BCUT2D eigenvalue weighted by Gasteiger charge is 2.15. The number of rotatable bonds is 7. The number of para-hydroxylation sites is 1. The fourth-order valence-corrected chi connectivity index (χ4v) is 4.51. The van der Waals surface area contributed by atoms with Crippen LogP contribution in [0.15, 0.2) is 61.1 Å². The summed E-state index contributed by atoms with van der Waals surface area (Å²) >= 11 is 6.56. The van der Waals surface area contributed by atoms with Gasteiger partial charge in [0, 0.05) is 37.5 Å². The van der Waals surface area contributed by atoms with Gasteiger partial charge in [0.15, 0.2) is 11.6 Å². The maximum atomic E-state index is 6.56. The molecule has 0 unspecified atom stereocenters. The highest BCUT2D eigenvalue weighted by atomic mass is 35.5. The molecule has 5 aromatic rings. The first kappa shape index (κ1) is 21.8. The number of nitrogens with zero attached hydrogens (tertiary/aromatic N) is 5. The number of hydrogen-bond acceptors (Lipinski definition) is 7. The Morgan fingerprint density at radius 1 is 1.09 bits per heavy atom. The molecule has 3 aromatic heterocycles. The number of morpholine rings is 1. The number of fused-ring (bicyclic) bond motifs is 3. The number of halogens is 1. The molecule has 0 spiro atoms. The van der Waals surface area contributed by atoms with Crippen LogP contribution in [-0.4, -0.2) is 68.9 Å². The minimum Gasteiger partial charge on any atom is -0.492 e. The molecule has 10 heteroatoms. The van der Waals surface area contributed by atoms with Gasteiger partial charge in [-0.15, -0.1) is 0 Å². The van der Waals surface area contributed by atoms with E-state index in [-0.39, 0.29) is 0 Å². The smallest absolute Gasteiger partial charge is 0.157 e. The summed E-state index contributed by atoms with van der Waals surface area (Å²) in [5.41, 5.74) is 4.29. The molecule has 0 amide bonds. The Balaban J connectivity index is 1.31. The zero-order valence-corrected chi connectivity index (χ0v) is 19.7. The van der Waals surface area contributed by atoms with E-state index in [1.165, 1.54) is 6.33 Å². The SMILES string of the molecule is Clc1ccc(OCCN2CCOCC2)cc1Nc1nc2c(-c3ncn[nH]3)cccc2n2cccc12. The Bertz CT molecular complexity index is 1460. The standard InChI is InChI=1S/C25H24ClN7O2/c26-19-7-6-17(35-14-11-32-9-12-34-13-10-32)15-20(19)29-25-22-5-2-8-33(22)21-4-1-3-18(23(21)30-25)24-27-16-28-31-24/h1-8,15-16H,9-14H2,(H,29,30)(H,27,28,31). The normalized spacial score (nSPS) is 14.5. The quantitative estimate of drug-likeness (QED) is 0.350. The van der Waals surface area contributed by atoms with Crippen molar-refractivity contribution in [2.24, 2.45) is 0 Å². The fourth-order valence-electron chi connectivity index (χ4n) is 4.35. The van der Waals surface area contributed by atoms with Crippen LogP contribution >= 0.6 is 11.6 Å². The summed E-state index contributed by atoms with van der Waals surface area (Å²) in [6, 6.07) is 15.7. The molecule has 0 radical (unpaired) electrons. The lowest BCUT2D eigenvalue weighted by atomic mass is 10.1. The second-order valence-corrected chi connectivity index (χ2v) is 8.71. The maximum Gasteiger partial charge on any atom is 0.157 e. The third-order valence-corrected chi connectivity index (χ3v) is 6.46. The number of anilines is 2. The number of H-pyrrole nitrogens is 1. The van der Waals surface area contributed by atoms with Crippen LogP contribution in [-0.2, 0) is 4.74 Å². The first-order chi connectivity index (χ1) is 17.3. The maximum absolute atomic E-state index is 6.56. The highest BCUT2D eigenvalue weighted by Crippen LogP contribution is 2.33. The van der Waals surface area contributed by atoms with Crippen LogP contribution in [0, 0.1) is 0 Å². The van der Waals surface area contributed by atoms with Crippen LogP contribution < -0.4 is 10.1 Å². The van der Waals surface area contributed by atoms with Gasteiger partial charge in [-0.05, 0) is 36.4 Å². The van der Waals surface area contributed by atoms with Gasteiger partial charge in [0.1, 0.15) is 24.2 Å². The minimum absolute atomic E-state index is 0.584. The van der Waals surface area contributed by atoms with Crippen LogP contribution in [0.1, 0.15) is 0 Å². The molecular weight excluding hydrogens is 466 g/mol. The van der Waals surface area contributed by atoms with E-state index in [1.807, 2.05) is 54.7 Å². The molecule has 0 bridgehead atoms. The van der Waals surface area contributed by atoms with Gasteiger partial charge in [-0.3, -0.25) is 10.00 Å². The number of nitrogens with one attached hydrogen (secondary N) is 2. The molecule has 2 aromatic carbocycles. The molecular formula is C25H24ClN7O2. The zero-order chi connectivity index (χ0) is 23.6. The van der Waals surface area contributed by atoms with Crippen LogP contribution in [0.3, 0.4) is 0 Å². The van der Waals surface area contributed by atoms with Crippen molar-refractivity contribution in [2.45, 2.75) is 0 Å². The zero-order valence-electron chi connectivity index (χ0n) is 18.9. The molecule has 35 heavy (non-hydrogen) atoms. The Kier molecular flexibility index (Phi) is 5.95. The van der Waals surface area contributed by atoms with E-state index >= 15 is 0 Å². The largest absolute Gasteiger partial charge is 0.492 e. The molecule has 178 valence electrons. The molecule has 9 nitrogen and oxygen atoms in total. The lowest BCUT2D eigenvalue weighted by Gasteiger charge is -2.26. The number of hydrogen-bond donors (Lipinski definition) is 2. The third kappa shape index (κ3) is 4.41. The molecule has 0 aliphatic carbocycles. The van der Waals surface area contributed by atoms with Crippen LogP contribution in [0.4, 0.5) is 11.5 Å². The molecule has 6 rings (SSSR count). The Morgan fingerprint density at radius 3 is 2.83 bits per heavy atom. The molecule has 1 saturated heterocycles. The van der Waals surface area contributed by atoms with E-state index < -0.39 is 0 Å². The van der Waals surface area contributed by atoms with Crippen molar-refractivity contribution in [3.63, 3.8) is 0 Å². The van der Waals surface area contributed by atoms with E-state index in [4.69, 9.17) is 26.1 Å². The molecule has 1 aliphatic rings. The fraction of sp³-hybridized carbons (Fsp3) is 0.240. The summed E-state index contributed by atoms with van der Waals surface area (Å²) in [6.45, 7) is 4.89. The average molecular weight is 490 g/mol. The van der Waals surface area contributed by atoms with Gasteiger partial charge in [0.2, 0.25) is 0 Å². The molecule has 4 heterocycles. The Morgan fingerprint density at radius 2 is 1.97 bits per heavy atom. The Labute approximate surface area is 206 Å². The predicted octanol–water partition coefficient (Wildman–Crippen LogP) is 4.38. The second kappa shape index (κ2) is 9.53. The molecule has 1 aliphatic heterocycles. The van der Waals surface area contributed by atoms with Gasteiger partial charge in [-0.2, -0.15) is 5.10 Å². The summed E-state index contributed by atoms with van der Waals surface area (Å²) in [5.74, 6) is 2.09. The van der Waals surface area contributed by atoms with Gasteiger partial charge < -0.3 is 19.2 Å². The Hall–Kier alpha value is -3.66. The summed E-state index contributed by atoms with van der Waals surface area (Å²) in [5, 5.41) is 10.9. The van der Waals surface area contributed by atoms with E-state index in [9.17, 15) is 0 Å². The molecule has 2 N–H and O–H groups in total. The number of benzene rings is 2. The highest BCUT2D eigenvalue weighted by molar-refractivity contribution is 6.33. The number of ether oxygens (including phenoxy) is 2. The van der Waals surface area contributed by atoms with Crippen molar-refractivity contribution in [1.29, 1.82) is 0 Å². The van der Waals surface area contributed by atoms with Gasteiger partial charge in [-0.1, -0.05) is 17.7 Å². The van der Waals surface area contributed by atoms with E-state index in [1.54, 1.807) is 0 Å². The van der Waals surface area contributed by atoms with Crippen LogP contribution in [0.25, 0.3) is 27.9 Å². The molecule has 1 fully saturated rings. The predicted molar refractivity (Wildman–Crippen MR) is 136 cm³/mol. The lowest BCUT2D eigenvalue weighted by molar-refractivity contribution is 0.0322. The summed E-state index contributed by atoms with van der Waals surface area (Å²) in [4.78, 5) is 11.6. The second-order valence-electron chi connectivity index (χ2n) is 8.30. The minimum atomic E-state index is 0.584. The topological polar surface area (TPSA) is 92.6 Å². The number of aromatic amines is 1. The third-order valence-electron chi connectivity index (χ3n) is 6.13. The van der Waals surface area contributed by atoms with E-state index in [0.29, 0.717) is 23.3 Å². The van der Waals surface area contributed by atoms with Crippen LogP contribution in [0.2, 0.25) is 5.02 Å². The van der Waals surface area contributed by atoms with E-state index in [0.717, 1.165) is 66.4 Å². The first-order valence-corrected chi connectivity index (χ1v) is 11.9. The van der Waals surface area contributed by atoms with Gasteiger partial charge in [0.25, 0.3) is 0 Å². The van der Waals surface area contributed by atoms with Gasteiger partial charge in [0.05, 0.1) is 35.0 Å². The lowest BCUT2D eigenvalue weighted by Crippen LogP contribution is -2.38. The summed E-state index contributed by atoms with van der Waals surface area (Å²) in [7, 11) is 0. The first-order valence-electron chi connectivity index (χ1n) is 11.5. The van der Waals surface area contributed by atoms with Crippen molar-refractivity contribution in [3.05, 3.63) is 66.1 Å². The monoisotopic (exact) mass is 489 g/mol. The van der Waals surface area contributed by atoms with Crippen LogP contribution in [0.5, 0.6) is 5.75 Å². The summed E-state index contributed by atoms with van der Waals surface area (Å²) in [6.07, 6.45) is 3.51. The van der Waals surface area contributed by atoms with Crippen molar-refractivity contribution in [3.8, 4) is 17.1 Å². The molecule has 0 atom stereocenters. The summed E-state index contributed by atoms with van der Waals surface area (Å²) < 4.78 is 13.5. The van der Waals surface area contributed by atoms with Gasteiger partial charge in [-0.25, -0.2) is 9.97 Å². The van der Waals surface area contributed by atoms with Crippen molar-refractivity contribution in [1.82, 2.24) is 29.5 Å². The van der Waals surface area contributed by atoms with Crippen molar-refractivity contribution >= 4 is 39.7 Å². The average Bonchev–Trinajstić information content (AvgIpc) is 3.59. The van der Waals surface area contributed by atoms with Crippen molar-refractivity contribution in [2.75, 3.05) is 44.8 Å². The molecule has 0 saturated carbocycles. The number of aromatic nitrogens is 5. The van der Waals surface area contributed by atoms with Gasteiger partial charge >= 0.3 is 0 Å². The van der Waals surface area contributed by atoms with E-state index in [2.05, 4.69) is 29.8 Å². The van der Waals surface area contributed by atoms with Crippen molar-refractivity contribution < 1.29 is 9.47 Å².